The van der Waals surface area contributed by atoms with Gasteiger partial charge in [-0.2, -0.15) is 5.10 Å². The first-order valence-corrected chi connectivity index (χ1v) is 7.04. The van der Waals surface area contributed by atoms with Gasteiger partial charge in [0.1, 0.15) is 0 Å². The number of nitrogens with one attached hydrogen (secondary N) is 1. The zero-order valence-corrected chi connectivity index (χ0v) is 11.9. The molecule has 2 heterocycles. The van der Waals surface area contributed by atoms with Crippen molar-refractivity contribution in [2.45, 2.75) is 44.7 Å². The molecule has 0 bridgehead atoms. The lowest BCUT2D eigenvalue weighted by molar-refractivity contribution is -0.135. The Labute approximate surface area is 114 Å². The van der Waals surface area contributed by atoms with E-state index in [1.807, 2.05) is 31.8 Å². The zero-order chi connectivity index (χ0) is 13.6. The average Bonchev–Trinajstić information content (AvgIpc) is 3.11. The smallest absolute Gasteiger partial charge is 0.240 e. The Bertz CT molecular complexity index is 502. The van der Waals surface area contributed by atoms with Crippen molar-refractivity contribution < 1.29 is 4.79 Å². The van der Waals surface area contributed by atoms with Crippen LogP contribution < -0.4 is 5.32 Å². The van der Waals surface area contributed by atoms with Crippen LogP contribution in [0.3, 0.4) is 0 Å². The van der Waals surface area contributed by atoms with Crippen molar-refractivity contribution in [1.29, 1.82) is 0 Å². The van der Waals surface area contributed by atoms with Gasteiger partial charge in [-0.25, -0.2) is 0 Å². The molecule has 0 unspecified atom stereocenters. The van der Waals surface area contributed by atoms with Crippen LogP contribution >= 0.6 is 0 Å². The molecule has 19 heavy (non-hydrogen) atoms. The SMILES string of the molecule is Cn1ncc(CN2CCNC(=O)C2(C)C)c1C1CC1. The molecule has 1 aromatic rings. The molecule has 2 aliphatic rings. The van der Waals surface area contributed by atoms with Gasteiger partial charge in [0.2, 0.25) is 5.91 Å². The summed E-state index contributed by atoms with van der Waals surface area (Å²) in [6, 6.07) is 0. The monoisotopic (exact) mass is 262 g/mol. The zero-order valence-electron chi connectivity index (χ0n) is 11.9. The molecule has 5 nitrogen and oxygen atoms in total. The largest absolute Gasteiger partial charge is 0.353 e. The Kier molecular flexibility index (Phi) is 2.89. The van der Waals surface area contributed by atoms with E-state index in [9.17, 15) is 4.79 Å². The lowest BCUT2D eigenvalue weighted by atomic mass is 9.98. The summed E-state index contributed by atoms with van der Waals surface area (Å²) in [6.07, 6.45) is 4.52. The molecule has 5 heteroatoms. The molecule has 1 aromatic heterocycles. The fourth-order valence-corrected chi connectivity index (χ4v) is 2.92. The third-order valence-corrected chi connectivity index (χ3v) is 4.40. The minimum Gasteiger partial charge on any atom is -0.353 e. The second-order valence-corrected chi connectivity index (χ2v) is 6.19. The molecular weight excluding hydrogens is 240 g/mol. The van der Waals surface area contributed by atoms with Gasteiger partial charge in [0.25, 0.3) is 0 Å². The Morgan fingerprint density at radius 2 is 2.21 bits per heavy atom. The number of aryl methyl sites for hydroxylation is 1. The standard InChI is InChI=1S/C14H22N4O/c1-14(2)13(19)15-6-7-18(14)9-11-8-16-17(3)12(11)10-4-5-10/h8,10H,4-7,9H2,1-3H3,(H,15,19). The van der Waals surface area contributed by atoms with Crippen molar-refractivity contribution >= 4 is 5.91 Å². The molecule has 104 valence electrons. The van der Waals surface area contributed by atoms with Crippen molar-refractivity contribution in [2.24, 2.45) is 7.05 Å². The summed E-state index contributed by atoms with van der Waals surface area (Å²) < 4.78 is 2.00. The fourth-order valence-electron chi connectivity index (χ4n) is 2.92. The molecule has 0 radical (unpaired) electrons. The number of aromatic nitrogens is 2. The number of amides is 1. The van der Waals surface area contributed by atoms with Crippen LogP contribution in [-0.2, 0) is 18.4 Å². The molecule has 0 atom stereocenters. The summed E-state index contributed by atoms with van der Waals surface area (Å²) in [5.74, 6) is 0.805. The highest BCUT2D eigenvalue weighted by molar-refractivity contribution is 5.86. The van der Waals surface area contributed by atoms with Gasteiger partial charge in [0.15, 0.2) is 0 Å². The molecule has 1 amide bonds. The number of piperazine rings is 1. The third-order valence-electron chi connectivity index (χ3n) is 4.40. The average molecular weight is 262 g/mol. The Morgan fingerprint density at radius 3 is 2.89 bits per heavy atom. The van der Waals surface area contributed by atoms with E-state index in [1.54, 1.807) is 0 Å². The van der Waals surface area contributed by atoms with Gasteiger partial charge >= 0.3 is 0 Å². The predicted octanol–water partition coefficient (Wildman–Crippen LogP) is 1.01. The van der Waals surface area contributed by atoms with Gasteiger partial charge in [-0.05, 0) is 26.7 Å². The number of nitrogens with zero attached hydrogens (tertiary/aromatic N) is 3. The van der Waals surface area contributed by atoms with Crippen LogP contribution in [0.25, 0.3) is 0 Å². The fraction of sp³-hybridized carbons (Fsp3) is 0.714. The predicted molar refractivity (Wildman–Crippen MR) is 72.7 cm³/mol. The first-order valence-electron chi connectivity index (χ1n) is 7.04. The molecule has 1 aliphatic heterocycles. The van der Waals surface area contributed by atoms with Gasteiger partial charge in [-0.1, -0.05) is 0 Å². The Balaban J connectivity index is 1.83. The van der Waals surface area contributed by atoms with E-state index < -0.39 is 5.54 Å². The van der Waals surface area contributed by atoms with Crippen LogP contribution in [0.15, 0.2) is 6.20 Å². The highest BCUT2D eigenvalue weighted by atomic mass is 16.2. The van der Waals surface area contributed by atoms with Gasteiger partial charge in [-0.15, -0.1) is 0 Å². The Morgan fingerprint density at radius 1 is 1.47 bits per heavy atom. The van der Waals surface area contributed by atoms with Crippen LogP contribution in [0.4, 0.5) is 0 Å². The topological polar surface area (TPSA) is 50.2 Å². The summed E-state index contributed by atoms with van der Waals surface area (Å²) in [6.45, 7) is 6.45. The molecule has 1 aliphatic carbocycles. The van der Waals surface area contributed by atoms with Crippen LogP contribution in [-0.4, -0.2) is 39.2 Å². The van der Waals surface area contributed by atoms with E-state index in [-0.39, 0.29) is 5.91 Å². The maximum absolute atomic E-state index is 12.0. The van der Waals surface area contributed by atoms with E-state index >= 15 is 0 Å². The minimum atomic E-state index is -0.436. The van der Waals surface area contributed by atoms with E-state index in [1.165, 1.54) is 24.1 Å². The molecule has 0 spiro atoms. The van der Waals surface area contributed by atoms with Crippen LogP contribution in [0.2, 0.25) is 0 Å². The summed E-state index contributed by atoms with van der Waals surface area (Å²) in [7, 11) is 2.02. The van der Waals surface area contributed by atoms with Gasteiger partial charge < -0.3 is 5.32 Å². The van der Waals surface area contributed by atoms with E-state index in [2.05, 4.69) is 15.3 Å². The van der Waals surface area contributed by atoms with Crippen molar-refractivity contribution in [3.63, 3.8) is 0 Å². The third kappa shape index (κ3) is 2.16. The molecule has 0 aromatic carbocycles. The number of carbonyl (C=O) groups excluding carboxylic acids is 1. The van der Waals surface area contributed by atoms with Crippen LogP contribution in [0.1, 0.15) is 43.9 Å². The van der Waals surface area contributed by atoms with Crippen molar-refractivity contribution in [3.8, 4) is 0 Å². The normalized spacial score (nSPS) is 23.4. The van der Waals surface area contributed by atoms with Crippen LogP contribution in [0, 0.1) is 0 Å². The first-order chi connectivity index (χ1) is 9.00. The van der Waals surface area contributed by atoms with Gasteiger partial charge in [0.05, 0.1) is 11.7 Å². The molecule has 2 fully saturated rings. The second kappa shape index (κ2) is 4.34. The van der Waals surface area contributed by atoms with Crippen LogP contribution in [0.5, 0.6) is 0 Å². The lowest BCUT2D eigenvalue weighted by Gasteiger charge is -2.41. The van der Waals surface area contributed by atoms with Crippen molar-refractivity contribution in [3.05, 3.63) is 17.5 Å². The number of hydrogen-bond acceptors (Lipinski definition) is 3. The lowest BCUT2D eigenvalue weighted by Crippen LogP contribution is -2.61. The quantitative estimate of drug-likeness (QED) is 0.884. The second-order valence-electron chi connectivity index (χ2n) is 6.19. The number of rotatable bonds is 3. The van der Waals surface area contributed by atoms with Gasteiger partial charge in [0, 0.05) is 43.9 Å². The summed E-state index contributed by atoms with van der Waals surface area (Å²) >= 11 is 0. The molecule has 1 saturated heterocycles. The summed E-state index contributed by atoms with van der Waals surface area (Å²) in [5, 5.41) is 7.34. The summed E-state index contributed by atoms with van der Waals surface area (Å²) in [5.41, 5.74) is 2.21. The van der Waals surface area contributed by atoms with E-state index in [0.717, 1.165) is 19.6 Å². The molecule has 1 N–H and O–H groups in total. The number of carbonyl (C=O) groups is 1. The molecule has 3 rings (SSSR count). The highest BCUT2D eigenvalue weighted by Gasteiger charge is 2.38. The minimum absolute atomic E-state index is 0.121. The molecular formula is C14H22N4O. The van der Waals surface area contributed by atoms with Gasteiger partial charge in [-0.3, -0.25) is 14.4 Å². The Hall–Kier alpha value is -1.36. The molecule has 1 saturated carbocycles. The van der Waals surface area contributed by atoms with Crippen molar-refractivity contribution in [2.75, 3.05) is 13.1 Å². The maximum atomic E-state index is 12.0. The highest BCUT2D eigenvalue weighted by Crippen LogP contribution is 2.41. The first kappa shape index (κ1) is 12.7. The number of hydrogen-bond donors (Lipinski definition) is 1. The summed E-state index contributed by atoms with van der Waals surface area (Å²) in [4.78, 5) is 14.2. The van der Waals surface area contributed by atoms with E-state index in [0.29, 0.717) is 5.92 Å². The van der Waals surface area contributed by atoms with Crippen molar-refractivity contribution in [1.82, 2.24) is 20.0 Å². The van der Waals surface area contributed by atoms with E-state index in [4.69, 9.17) is 0 Å². The maximum Gasteiger partial charge on any atom is 0.240 e.